The first-order valence-corrected chi connectivity index (χ1v) is 12.1. The number of nitrogens with zero attached hydrogens (tertiary/aromatic N) is 2. The number of hydrogen-bond acceptors (Lipinski definition) is 4. The van der Waals surface area contributed by atoms with E-state index in [4.69, 9.17) is 26.2 Å². The molecule has 0 spiro atoms. The number of fused-ring (bicyclic) bond motifs is 3. The zero-order valence-electron chi connectivity index (χ0n) is 17.8. The molecule has 0 unspecified atom stereocenters. The minimum Gasteiger partial charge on any atom is -0.494 e. The van der Waals surface area contributed by atoms with E-state index >= 15 is 0 Å². The van der Waals surface area contributed by atoms with Crippen LogP contribution in [0.25, 0.3) is 0 Å². The molecule has 2 aliphatic rings. The van der Waals surface area contributed by atoms with Crippen molar-refractivity contribution >= 4 is 33.2 Å². The number of ether oxygens (including phenoxy) is 2. The van der Waals surface area contributed by atoms with Crippen LogP contribution in [-0.4, -0.2) is 17.3 Å². The van der Waals surface area contributed by atoms with Crippen LogP contribution in [0.1, 0.15) is 55.1 Å². The average molecular weight is 512 g/mol. The van der Waals surface area contributed by atoms with Crippen molar-refractivity contribution in [2.45, 2.75) is 38.5 Å². The van der Waals surface area contributed by atoms with Gasteiger partial charge in [0.25, 0.3) is 0 Å². The number of benzene rings is 3. The monoisotopic (exact) mass is 510 g/mol. The molecule has 0 saturated heterocycles. The van der Waals surface area contributed by atoms with E-state index in [1.165, 1.54) is 0 Å². The highest BCUT2D eigenvalue weighted by Crippen LogP contribution is 2.48. The Hall–Kier alpha value is -2.50. The van der Waals surface area contributed by atoms with Crippen LogP contribution in [0.2, 0.25) is 5.02 Å². The summed E-state index contributed by atoms with van der Waals surface area (Å²) in [5.74, 6) is 1.78. The van der Waals surface area contributed by atoms with Gasteiger partial charge in [-0.25, -0.2) is 5.01 Å². The predicted octanol–water partition coefficient (Wildman–Crippen LogP) is 7.52. The Labute approximate surface area is 201 Å². The van der Waals surface area contributed by atoms with Gasteiger partial charge in [-0.15, -0.1) is 0 Å². The Balaban J connectivity index is 1.48. The SMILES string of the molecule is CCCCOc1ccc([C@@H]2Oc3ccc(Br)cc3[C@H]3CC(c4ccc(Cl)cc4)=NN32)cc1. The third-order valence-electron chi connectivity index (χ3n) is 5.86. The second-order valence-corrected chi connectivity index (χ2v) is 9.43. The summed E-state index contributed by atoms with van der Waals surface area (Å²) < 4.78 is 13.3. The van der Waals surface area contributed by atoms with Gasteiger partial charge in [-0.3, -0.25) is 0 Å². The summed E-state index contributed by atoms with van der Waals surface area (Å²) in [6, 6.07) is 22.3. The molecule has 0 saturated carbocycles. The van der Waals surface area contributed by atoms with Crippen LogP contribution in [0.3, 0.4) is 0 Å². The standard InChI is InChI=1S/C26H24BrClN2O2/c1-2-3-14-31-21-11-6-18(7-12-21)26-30-24(22-15-19(27)8-13-25(22)32-26)16-23(29-30)17-4-9-20(28)10-5-17/h4-13,15,24,26H,2-3,14,16H2,1H3/t24-,26+/m1/s1. The van der Waals surface area contributed by atoms with Gasteiger partial charge in [-0.2, -0.15) is 5.10 Å². The van der Waals surface area contributed by atoms with Gasteiger partial charge < -0.3 is 9.47 Å². The van der Waals surface area contributed by atoms with Gasteiger partial charge in [0.15, 0.2) is 0 Å². The Kier molecular flexibility index (Phi) is 6.11. The average Bonchev–Trinajstić information content (AvgIpc) is 3.26. The summed E-state index contributed by atoms with van der Waals surface area (Å²) >= 11 is 9.70. The normalized spacial score (nSPS) is 19.1. The molecule has 4 nitrogen and oxygen atoms in total. The highest BCUT2D eigenvalue weighted by atomic mass is 79.9. The van der Waals surface area contributed by atoms with Crippen molar-refractivity contribution in [1.82, 2.24) is 5.01 Å². The molecule has 0 N–H and O–H groups in total. The zero-order chi connectivity index (χ0) is 22.1. The molecule has 0 fully saturated rings. The molecule has 2 atom stereocenters. The lowest BCUT2D eigenvalue weighted by Crippen LogP contribution is -2.33. The van der Waals surface area contributed by atoms with Gasteiger partial charge in [0, 0.05) is 27.0 Å². The topological polar surface area (TPSA) is 34.1 Å². The molecular weight excluding hydrogens is 488 g/mol. The van der Waals surface area contributed by atoms with Crippen LogP contribution in [0.4, 0.5) is 0 Å². The Morgan fingerprint density at radius 3 is 2.62 bits per heavy atom. The van der Waals surface area contributed by atoms with Crippen LogP contribution in [0.5, 0.6) is 11.5 Å². The number of halogens is 2. The summed E-state index contributed by atoms with van der Waals surface area (Å²) in [6.45, 7) is 2.90. The summed E-state index contributed by atoms with van der Waals surface area (Å²) in [4.78, 5) is 0. The van der Waals surface area contributed by atoms with Crippen LogP contribution in [-0.2, 0) is 0 Å². The van der Waals surface area contributed by atoms with Crippen molar-refractivity contribution in [3.05, 3.63) is 92.9 Å². The van der Waals surface area contributed by atoms with E-state index in [0.717, 1.165) is 69.3 Å². The summed E-state index contributed by atoms with van der Waals surface area (Å²) in [5, 5.41) is 7.83. The van der Waals surface area contributed by atoms with E-state index in [0.29, 0.717) is 0 Å². The lowest BCUT2D eigenvalue weighted by atomic mass is 9.96. The Morgan fingerprint density at radius 1 is 1.09 bits per heavy atom. The first-order valence-electron chi connectivity index (χ1n) is 10.9. The second-order valence-electron chi connectivity index (χ2n) is 8.08. The van der Waals surface area contributed by atoms with Gasteiger partial charge in [0.05, 0.1) is 18.4 Å². The summed E-state index contributed by atoms with van der Waals surface area (Å²) in [7, 11) is 0. The Bertz CT molecular complexity index is 1130. The smallest absolute Gasteiger partial charge is 0.213 e. The molecule has 0 radical (unpaired) electrons. The molecule has 3 aromatic carbocycles. The molecule has 164 valence electrons. The van der Waals surface area contributed by atoms with E-state index in [-0.39, 0.29) is 12.3 Å². The first-order chi connectivity index (χ1) is 15.6. The first kappa shape index (κ1) is 21.4. The molecule has 2 heterocycles. The molecule has 5 rings (SSSR count). The van der Waals surface area contributed by atoms with Crippen molar-refractivity contribution in [2.75, 3.05) is 6.61 Å². The molecule has 0 amide bonds. The fraction of sp³-hybridized carbons (Fsp3) is 0.269. The van der Waals surface area contributed by atoms with Gasteiger partial charge >= 0.3 is 0 Å². The van der Waals surface area contributed by atoms with Crippen molar-refractivity contribution in [3.63, 3.8) is 0 Å². The summed E-state index contributed by atoms with van der Waals surface area (Å²) in [5.41, 5.74) is 4.31. The van der Waals surface area contributed by atoms with Crippen molar-refractivity contribution in [1.29, 1.82) is 0 Å². The molecular formula is C26H24BrClN2O2. The molecule has 0 aromatic heterocycles. The summed E-state index contributed by atoms with van der Waals surface area (Å²) in [6.07, 6.45) is 2.68. The zero-order valence-corrected chi connectivity index (χ0v) is 20.1. The number of unbranched alkanes of at least 4 members (excludes halogenated alkanes) is 1. The second kappa shape index (κ2) is 9.16. The van der Waals surface area contributed by atoms with Gasteiger partial charge in [-0.05, 0) is 66.6 Å². The Morgan fingerprint density at radius 2 is 1.88 bits per heavy atom. The van der Waals surface area contributed by atoms with Crippen LogP contribution in [0, 0.1) is 0 Å². The lowest BCUT2D eigenvalue weighted by molar-refractivity contribution is -0.0191. The minimum atomic E-state index is -0.303. The molecule has 6 heteroatoms. The van der Waals surface area contributed by atoms with Crippen molar-refractivity contribution in [3.8, 4) is 11.5 Å². The largest absolute Gasteiger partial charge is 0.494 e. The van der Waals surface area contributed by atoms with Crippen LogP contribution < -0.4 is 9.47 Å². The minimum absolute atomic E-state index is 0.104. The number of rotatable bonds is 6. The lowest BCUT2D eigenvalue weighted by Gasteiger charge is -2.38. The maximum Gasteiger partial charge on any atom is 0.213 e. The van der Waals surface area contributed by atoms with E-state index in [1.54, 1.807) is 0 Å². The molecule has 0 bridgehead atoms. The number of hydrazone groups is 1. The van der Waals surface area contributed by atoms with Crippen LogP contribution in [0.15, 0.2) is 76.3 Å². The van der Waals surface area contributed by atoms with Gasteiger partial charge in [-0.1, -0.05) is 53.0 Å². The third kappa shape index (κ3) is 4.24. The maximum atomic E-state index is 6.46. The fourth-order valence-electron chi connectivity index (χ4n) is 4.16. The van der Waals surface area contributed by atoms with Crippen molar-refractivity contribution in [2.24, 2.45) is 5.10 Å². The van der Waals surface area contributed by atoms with Gasteiger partial charge in [0.1, 0.15) is 11.5 Å². The van der Waals surface area contributed by atoms with Crippen molar-refractivity contribution < 1.29 is 9.47 Å². The molecule has 3 aromatic rings. The van der Waals surface area contributed by atoms with Crippen LogP contribution >= 0.6 is 27.5 Å². The highest BCUT2D eigenvalue weighted by molar-refractivity contribution is 9.10. The third-order valence-corrected chi connectivity index (χ3v) is 6.61. The molecule has 0 aliphatic carbocycles. The quantitative estimate of drug-likeness (QED) is 0.321. The number of hydrogen-bond donors (Lipinski definition) is 0. The van der Waals surface area contributed by atoms with E-state index in [1.807, 2.05) is 48.5 Å². The highest BCUT2D eigenvalue weighted by Gasteiger charge is 2.41. The van der Waals surface area contributed by atoms with Gasteiger partial charge in [0.2, 0.25) is 6.23 Å². The van der Waals surface area contributed by atoms with E-state index in [9.17, 15) is 0 Å². The van der Waals surface area contributed by atoms with E-state index in [2.05, 4.69) is 46.1 Å². The maximum absolute atomic E-state index is 6.46. The molecule has 32 heavy (non-hydrogen) atoms. The molecule has 2 aliphatic heterocycles. The fourth-order valence-corrected chi connectivity index (χ4v) is 4.66. The van der Waals surface area contributed by atoms with E-state index < -0.39 is 0 Å². The predicted molar refractivity (Wildman–Crippen MR) is 132 cm³/mol.